The summed E-state index contributed by atoms with van der Waals surface area (Å²) in [6, 6.07) is 10.2. The average molecular weight is 357 g/mol. The van der Waals surface area contributed by atoms with E-state index in [9.17, 15) is 10.1 Å². The standard InChI is InChI=1S/C14H11BrClNO3/c1-9-6-12(4-5-13(9)17(18)19)20-14-7-11(15)3-2-10(14)8-16/h2-7H,8H2,1H3. The molecule has 0 radical (unpaired) electrons. The summed E-state index contributed by atoms with van der Waals surface area (Å²) in [5.41, 5.74) is 1.48. The van der Waals surface area contributed by atoms with E-state index in [1.54, 1.807) is 19.1 Å². The number of benzene rings is 2. The van der Waals surface area contributed by atoms with E-state index in [0.29, 0.717) is 22.9 Å². The van der Waals surface area contributed by atoms with Gasteiger partial charge in [0, 0.05) is 21.7 Å². The topological polar surface area (TPSA) is 52.4 Å². The first-order valence-electron chi connectivity index (χ1n) is 5.78. The lowest BCUT2D eigenvalue weighted by atomic mass is 10.2. The second-order valence-electron chi connectivity index (χ2n) is 4.19. The largest absolute Gasteiger partial charge is 0.457 e. The molecular formula is C14H11BrClNO3. The van der Waals surface area contributed by atoms with Gasteiger partial charge >= 0.3 is 0 Å². The fraction of sp³-hybridized carbons (Fsp3) is 0.143. The zero-order valence-corrected chi connectivity index (χ0v) is 12.9. The van der Waals surface area contributed by atoms with Gasteiger partial charge < -0.3 is 4.74 Å². The number of alkyl halides is 1. The van der Waals surface area contributed by atoms with Gasteiger partial charge in [0.05, 0.1) is 10.8 Å². The molecule has 104 valence electrons. The molecule has 0 saturated carbocycles. The van der Waals surface area contributed by atoms with Gasteiger partial charge in [-0.1, -0.05) is 22.0 Å². The Kier molecular flexibility index (Phi) is 4.62. The Morgan fingerprint density at radius 2 is 2.05 bits per heavy atom. The molecule has 20 heavy (non-hydrogen) atoms. The molecule has 0 aliphatic rings. The van der Waals surface area contributed by atoms with Crippen LogP contribution in [0.5, 0.6) is 11.5 Å². The molecule has 0 aliphatic carbocycles. The first-order chi connectivity index (χ1) is 9.51. The predicted octanol–water partition coefficient (Wildman–Crippen LogP) is 5.20. The SMILES string of the molecule is Cc1cc(Oc2cc(Br)ccc2CCl)ccc1[N+](=O)[O-]. The van der Waals surface area contributed by atoms with E-state index in [1.165, 1.54) is 6.07 Å². The molecule has 0 spiro atoms. The number of hydrogen-bond acceptors (Lipinski definition) is 3. The fourth-order valence-corrected chi connectivity index (χ4v) is 2.32. The van der Waals surface area contributed by atoms with Crippen LogP contribution in [-0.4, -0.2) is 4.92 Å². The van der Waals surface area contributed by atoms with E-state index in [2.05, 4.69) is 15.9 Å². The van der Waals surface area contributed by atoms with Crippen LogP contribution in [0, 0.1) is 17.0 Å². The normalized spacial score (nSPS) is 10.3. The molecule has 0 saturated heterocycles. The number of rotatable bonds is 4. The van der Waals surface area contributed by atoms with Crippen molar-refractivity contribution in [1.82, 2.24) is 0 Å². The monoisotopic (exact) mass is 355 g/mol. The van der Waals surface area contributed by atoms with Gasteiger partial charge in [-0.05, 0) is 31.2 Å². The van der Waals surface area contributed by atoms with Gasteiger partial charge in [-0.15, -0.1) is 11.6 Å². The molecule has 6 heteroatoms. The minimum absolute atomic E-state index is 0.0733. The van der Waals surface area contributed by atoms with Gasteiger partial charge in [0.25, 0.3) is 5.69 Å². The molecule has 0 aromatic heterocycles. The number of aryl methyl sites for hydroxylation is 1. The van der Waals surface area contributed by atoms with Gasteiger partial charge in [-0.25, -0.2) is 0 Å². The summed E-state index contributed by atoms with van der Waals surface area (Å²) in [7, 11) is 0. The van der Waals surface area contributed by atoms with Crippen molar-refractivity contribution < 1.29 is 9.66 Å². The molecule has 2 aromatic rings. The zero-order chi connectivity index (χ0) is 14.7. The Bertz CT molecular complexity index is 661. The van der Waals surface area contributed by atoms with Crippen LogP contribution in [0.1, 0.15) is 11.1 Å². The van der Waals surface area contributed by atoms with Gasteiger partial charge in [-0.3, -0.25) is 10.1 Å². The van der Waals surface area contributed by atoms with E-state index < -0.39 is 4.92 Å². The summed E-state index contributed by atoms with van der Waals surface area (Å²) in [6.07, 6.45) is 0. The molecule has 0 unspecified atom stereocenters. The maximum atomic E-state index is 10.8. The van der Waals surface area contributed by atoms with E-state index in [0.717, 1.165) is 10.0 Å². The van der Waals surface area contributed by atoms with Crippen LogP contribution in [0.15, 0.2) is 40.9 Å². The highest BCUT2D eigenvalue weighted by molar-refractivity contribution is 9.10. The number of ether oxygens (including phenoxy) is 1. The number of nitro groups is 1. The molecule has 0 atom stereocenters. The molecule has 0 N–H and O–H groups in total. The molecule has 0 bridgehead atoms. The molecule has 4 nitrogen and oxygen atoms in total. The first kappa shape index (κ1) is 14.8. The quantitative estimate of drug-likeness (QED) is 0.430. The van der Waals surface area contributed by atoms with Crippen molar-refractivity contribution in [2.75, 3.05) is 0 Å². The average Bonchev–Trinajstić information content (AvgIpc) is 2.38. The lowest BCUT2D eigenvalue weighted by Gasteiger charge is -2.10. The number of hydrogen-bond donors (Lipinski definition) is 0. The minimum Gasteiger partial charge on any atom is -0.457 e. The summed E-state index contributed by atoms with van der Waals surface area (Å²) in [5.74, 6) is 1.49. The molecule has 2 aromatic carbocycles. The van der Waals surface area contributed by atoms with Crippen molar-refractivity contribution in [2.24, 2.45) is 0 Å². The van der Waals surface area contributed by atoms with Crippen LogP contribution in [0.3, 0.4) is 0 Å². The zero-order valence-electron chi connectivity index (χ0n) is 10.6. The van der Waals surface area contributed by atoms with Crippen molar-refractivity contribution in [3.8, 4) is 11.5 Å². The van der Waals surface area contributed by atoms with Crippen LogP contribution >= 0.6 is 27.5 Å². The highest BCUT2D eigenvalue weighted by Gasteiger charge is 2.12. The van der Waals surface area contributed by atoms with Crippen molar-refractivity contribution in [1.29, 1.82) is 0 Å². The van der Waals surface area contributed by atoms with Gasteiger partial charge in [0.1, 0.15) is 11.5 Å². The molecule has 0 heterocycles. The third-order valence-electron chi connectivity index (χ3n) is 2.77. The molecule has 0 fully saturated rings. The summed E-state index contributed by atoms with van der Waals surface area (Å²) >= 11 is 9.24. The second kappa shape index (κ2) is 6.24. The lowest BCUT2D eigenvalue weighted by Crippen LogP contribution is -1.94. The van der Waals surface area contributed by atoms with Crippen molar-refractivity contribution >= 4 is 33.2 Å². The van der Waals surface area contributed by atoms with E-state index >= 15 is 0 Å². The second-order valence-corrected chi connectivity index (χ2v) is 5.38. The van der Waals surface area contributed by atoms with Crippen LogP contribution in [0.4, 0.5) is 5.69 Å². The molecular weight excluding hydrogens is 346 g/mol. The Hall–Kier alpha value is -1.59. The number of nitrogens with zero attached hydrogens (tertiary/aromatic N) is 1. The van der Waals surface area contributed by atoms with Gasteiger partial charge in [-0.2, -0.15) is 0 Å². The fourth-order valence-electron chi connectivity index (χ4n) is 1.76. The lowest BCUT2D eigenvalue weighted by molar-refractivity contribution is -0.385. The summed E-state index contributed by atoms with van der Waals surface area (Å²) < 4.78 is 6.63. The first-order valence-corrected chi connectivity index (χ1v) is 7.11. The Morgan fingerprint density at radius 3 is 2.65 bits per heavy atom. The highest BCUT2D eigenvalue weighted by Crippen LogP contribution is 2.31. The van der Waals surface area contributed by atoms with E-state index in [1.807, 2.05) is 18.2 Å². The third-order valence-corrected chi connectivity index (χ3v) is 3.55. The summed E-state index contributed by atoms with van der Waals surface area (Å²) in [5, 5.41) is 10.8. The predicted molar refractivity (Wildman–Crippen MR) is 81.6 cm³/mol. The van der Waals surface area contributed by atoms with Crippen LogP contribution in [-0.2, 0) is 5.88 Å². The Labute approximate surface area is 129 Å². The molecule has 2 rings (SSSR count). The maximum absolute atomic E-state index is 10.8. The van der Waals surface area contributed by atoms with Crippen molar-refractivity contribution in [3.63, 3.8) is 0 Å². The number of halogens is 2. The maximum Gasteiger partial charge on any atom is 0.272 e. The highest BCUT2D eigenvalue weighted by atomic mass is 79.9. The van der Waals surface area contributed by atoms with Crippen LogP contribution in [0.2, 0.25) is 0 Å². The number of nitro benzene ring substituents is 1. The van der Waals surface area contributed by atoms with Gasteiger partial charge in [0.2, 0.25) is 0 Å². The summed E-state index contributed by atoms with van der Waals surface area (Å²) in [6.45, 7) is 1.67. The van der Waals surface area contributed by atoms with Crippen molar-refractivity contribution in [3.05, 3.63) is 62.1 Å². The Balaban J connectivity index is 2.33. The minimum atomic E-state index is -0.414. The smallest absolute Gasteiger partial charge is 0.272 e. The molecule has 0 amide bonds. The van der Waals surface area contributed by atoms with Crippen molar-refractivity contribution in [2.45, 2.75) is 12.8 Å². The third kappa shape index (κ3) is 3.29. The molecule has 0 aliphatic heterocycles. The Morgan fingerprint density at radius 1 is 1.30 bits per heavy atom. The summed E-state index contributed by atoms with van der Waals surface area (Å²) in [4.78, 5) is 10.4. The van der Waals surface area contributed by atoms with E-state index in [4.69, 9.17) is 16.3 Å². The van der Waals surface area contributed by atoms with Crippen LogP contribution in [0.25, 0.3) is 0 Å². The van der Waals surface area contributed by atoms with Gasteiger partial charge in [0.15, 0.2) is 0 Å². The van der Waals surface area contributed by atoms with E-state index in [-0.39, 0.29) is 5.69 Å². The van der Waals surface area contributed by atoms with Crippen LogP contribution < -0.4 is 4.74 Å².